The highest BCUT2D eigenvalue weighted by molar-refractivity contribution is 6.81. The Morgan fingerprint density at radius 1 is 0.292 bits per heavy atom. The Morgan fingerprint density at radius 2 is 0.417 bits per heavy atom. The molecule has 0 atom stereocenters. The Morgan fingerprint density at radius 3 is 0.583 bits per heavy atom. The van der Waals surface area contributed by atoms with Crippen LogP contribution in [0.4, 0.5) is 0 Å². The fourth-order valence-corrected chi connectivity index (χ4v) is 7.16. The van der Waals surface area contributed by atoms with Gasteiger partial charge in [0.2, 0.25) is 13.7 Å². The second-order valence-corrected chi connectivity index (χ2v) is 14.4. The van der Waals surface area contributed by atoms with E-state index >= 15 is 0 Å². The van der Waals surface area contributed by atoms with E-state index in [0.717, 1.165) is 0 Å². The third-order valence-electron chi connectivity index (χ3n) is 3.17. The van der Waals surface area contributed by atoms with Crippen molar-refractivity contribution < 1.29 is 5.11 Å². The Bertz CT molecular complexity index is 356. The Labute approximate surface area is 212 Å². The largest absolute Gasteiger partial charge is 0.247 e. The standard InChI is InChI=1S/C8Cl15O/c9-1(10)2(11,12)4(15,16)6(19,20)8(23,24)7(21,22)5(17,18)3(1,13)14. The maximum absolute atomic E-state index is 13.0. The van der Waals surface area contributed by atoms with Crippen molar-refractivity contribution >= 4 is 174 Å². The third kappa shape index (κ3) is 2.89. The molecule has 0 aromatic rings. The Kier molecular flexibility index (Phi) is 7.58. The second-order valence-electron chi connectivity index (χ2n) is 4.62. The highest BCUT2D eigenvalue weighted by Crippen LogP contribution is 2.77. The van der Waals surface area contributed by atoms with E-state index in [1.54, 1.807) is 0 Å². The van der Waals surface area contributed by atoms with Gasteiger partial charge >= 0.3 is 0 Å². The van der Waals surface area contributed by atoms with Crippen molar-refractivity contribution in [2.45, 2.75) is 35.4 Å². The molecule has 16 heteroatoms. The number of hydrogen-bond acceptors (Lipinski definition) is 0. The monoisotopic (exact) mass is 637 g/mol. The highest BCUT2D eigenvalue weighted by Gasteiger charge is 2.89. The van der Waals surface area contributed by atoms with Gasteiger partial charge in [0.15, 0.2) is 21.7 Å². The summed E-state index contributed by atoms with van der Waals surface area (Å²) < 4.78 is -20.8. The zero-order chi connectivity index (χ0) is 20.0. The summed E-state index contributed by atoms with van der Waals surface area (Å²) in [5.41, 5.74) is 0. The smallest absolute Gasteiger partial charge is 0.205 e. The van der Waals surface area contributed by atoms with Gasteiger partial charge in [-0.3, -0.25) is 0 Å². The van der Waals surface area contributed by atoms with Crippen LogP contribution < -0.4 is 0 Å². The summed E-state index contributed by atoms with van der Waals surface area (Å²) in [6, 6.07) is 0. The zero-order valence-corrected chi connectivity index (χ0v) is 21.4. The van der Waals surface area contributed by atoms with Crippen LogP contribution in [0, 0.1) is 0 Å². The molecule has 0 spiro atoms. The molecule has 0 N–H and O–H groups in total. The predicted octanol–water partition coefficient (Wildman–Crippen LogP) is 8.58. The maximum Gasteiger partial charge on any atom is 0.247 e. The lowest BCUT2D eigenvalue weighted by molar-refractivity contribution is 0.00159. The lowest BCUT2D eigenvalue weighted by atomic mass is 9.92. The van der Waals surface area contributed by atoms with Crippen LogP contribution in [0.5, 0.6) is 0 Å². The molecule has 143 valence electrons. The van der Waals surface area contributed by atoms with Crippen molar-refractivity contribution in [3.05, 3.63) is 0 Å². The average Bonchev–Trinajstić information content (AvgIpc) is 2.35. The van der Waals surface area contributed by atoms with E-state index in [1.807, 2.05) is 0 Å². The van der Waals surface area contributed by atoms with E-state index in [4.69, 9.17) is 174 Å². The van der Waals surface area contributed by atoms with E-state index in [9.17, 15) is 5.11 Å². The number of rotatable bonds is 0. The molecular formula is C8Cl15O. The van der Waals surface area contributed by atoms with Crippen molar-refractivity contribution in [2.75, 3.05) is 0 Å². The molecule has 0 heterocycles. The van der Waals surface area contributed by atoms with Crippen LogP contribution in [0.25, 0.3) is 0 Å². The molecule has 1 saturated carbocycles. The molecule has 0 aromatic carbocycles. The predicted molar refractivity (Wildman–Crippen MR) is 110 cm³/mol. The van der Waals surface area contributed by atoms with E-state index < -0.39 is 35.4 Å². The molecule has 0 unspecified atom stereocenters. The number of hydrogen-bond donors (Lipinski definition) is 0. The van der Waals surface area contributed by atoms with Crippen LogP contribution in [0.2, 0.25) is 0 Å². The van der Waals surface area contributed by atoms with Gasteiger partial charge in [-0.05, 0) is 0 Å². The van der Waals surface area contributed by atoms with Crippen molar-refractivity contribution in [3.8, 4) is 0 Å². The molecule has 1 aliphatic carbocycles. The summed E-state index contributed by atoms with van der Waals surface area (Å²) >= 11 is 90.0. The van der Waals surface area contributed by atoms with Crippen molar-refractivity contribution in [3.63, 3.8) is 0 Å². The quantitative estimate of drug-likeness (QED) is 0.236. The maximum atomic E-state index is 13.0. The molecule has 0 saturated heterocycles. The van der Waals surface area contributed by atoms with E-state index in [2.05, 4.69) is 0 Å². The van der Waals surface area contributed by atoms with Gasteiger partial charge in [0.1, 0.15) is 0 Å². The van der Waals surface area contributed by atoms with Crippen LogP contribution in [0.1, 0.15) is 0 Å². The molecule has 1 nitrogen and oxygen atoms in total. The van der Waals surface area contributed by atoms with Crippen LogP contribution in [0.3, 0.4) is 0 Å². The van der Waals surface area contributed by atoms with E-state index in [-0.39, 0.29) is 0 Å². The SMILES string of the molecule is [O]C1(Cl)C(Cl)(Cl)C(Cl)(Cl)C(Cl)(Cl)C(Cl)(Cl)C(Cl)(Cl)C(Cl)(Cl)C1(Cl)Cl. The summed E-state index contributed by atoms with van der Waals surface area (Å²) in [5.74, 6) is 0. The van der Waals surface area contributed by atoms with Crippen LogP contribution in [0.15, 0.2) is 0 Å². The molecule has 1 aliphatic rings. The first-order chi connectivity index (χ1) is 10.0. The topological polar surface area (TPSA) is 19.9 Å². The Hall–Kier alpha value is 4.31. The fourth-order valence-electron chi connectivity index (χ4n) is 1.59. The molecule has 0 amide bonds. The molecule has 0 bridgehead atoms. The minimum absolute atomic E-state index is 2.86. The lowest BCUT2D eigenvalue weighted by Gasteiger charge is -2.60. The van der Waals surface area contributed by atoms with Crippen molar-refractivity contribution in [1.29, 1.82) is 0 Å². The molecular weight excluding hydrogens is 644 g/mol. The summed E-state index contributed by atoms with van der Waals surface area (Å²) in [5, 5.41) is 9.49. The second kappa shape index (κ2) is 6.91. The van der Waals surface area contributed by atoms with Gasteiger partial charge in [0.05, 0.1) is 0 Å². The molecule has 1 rings (SSSR count). The molecule has 0 aliphatic heterocycles. The molecule has 0 aromatic heterocycles. The summed E-state index contributed by atoms with van der Waals surface area (Å²) in [6.07, 6.45) is 0. The summed E-state index contributed by atoms with van der Waals surface area (Å²) in [4.78, 5) is 0. The van der Waals surface area contributed by atoms with Gasteiger partial charge in [-0.15, -0.1) is 0 Å². The van der Waals surface area contributed by atoms with Gasteiger partial charge < -0.3 is 0 Å². The zero-order valence-electron chi connectivity index (χ0n) is 10.1. The summed E-state index contributed by atoms with van der Waals surface area (Å²) in [6.45, 7) is 0. The van der Waals surface area contributed by atoms with Gasteiger partial charge in [-0.1, -0.05) is 174 Å². The van der Waals surface area contributed by atoms with Gasteiger partial charge in [-0.2, -0.15) is 0 Å². The van der Waals surface area contributed by atoms with Crippen LogP contribution in [-0.2, 0) is 5.11 Å². The lowest BCUT2D eigenvalue weighted by Crippen LogP contribution is -2.79. The average molecular weight is 644 g/mol. The van der Waals surface area contributed by atoms with Gasteiger partial charge in [0.25, 0.3) is 0 Å². The van der Waals surface area contributed by atoms with E-state index in [0.29, 0.717) is 0 Å². The van der Waals surface area contributed by atoms with Crippen LogP contribution >= 0.6 is 174 Å². The van der Waals surface area contributed by atoms with Crippen molar-refractivity contribution in [2.24, 2.45) is 0 Å². The molecule has 24 heavy (non-hydrogen) atoms. The first-order valence-corrected chi connectivity index (χ1v) is 10.7. The minimum atomic E-state index is -3.51. The van der Waals surface area contributed by atoms with Gasteiger partial charge in [0, 0.05) is 0 Å². The fraction of sp³-hybridized carbons (Fsp3) is 1.00. The van der Waals surface area contributed by atoms with Crippen molar-refractivity contribution in [1.82, 2.24) is 0 Å². The van der Waals surface area contributed by atoms with Gasteiger partial charge in [-0.25, -0.2) is 5.11 Å². The number of halogens is 15. The molecule has 1 fully saturated rings. The number of alkyl halides is 15. The minimum Gasteiger partial charge on any atom is -0.205 e. The third-order valence-corrected chi connectivity index (χ3v) is 14.3. The molecule has 1 radical (unpaired) electrons. The Balaban J connectivity index is 4.09. The normalized spacial score (nSPS) is 34.0. The highest BCUT2D eigenvalue weighted by atomic mass is 35.6. The first-order valence-electron chi connectivity index (χ1n) is 5.04. The van der Waals surface area contributed by atoms with E-state index in [1.165, 1.54) is 0 Å². The van der Waals surface area contributed by atoms with Crippen LogP contribution in [-0.4, -0.2) is 35.4 Å². The first kappa shape index (κ1) is 26.3. The summed E-state index contributed by atoms with van der Waals surface area (Å²) in [7, 11) is 0.